The Hall–Kier alpha value is -6.16. The normalized spacial score (nSPS) is 14.3. The molecule has 53 heavy (non-hydrogen) atoms. The number of fused-ring (bicyclic) bond motifs is 3. The van der Waals surface area contributed by atoms with E-state index in [4.69, 9.17) is 16.8 Å². The van der Waals surface area contributed by atoms with Crippen molar-refractivity contribution in [3.05, 3.63) is 210 Å². The summed E-state index contributed by atoms with van der Waals surface area (Å²) in [5.41, 5.74) is 11.2. The number of hydrogen-bond donors (Lipinski definition) is 0. The number of nitrogens with zero attached hydrogens (tertiary/aromatic N) is 2. The van der Waals surface area contributed by atoms with E-state index in [0.717, 1.165) is 22.3 Å². The van der Waals surface area contributed by atoms with Crippen molar-refractivity contribution in [3.63, 3.8) is 0 Å². The summed E-state index contributed by atoms with van der Waals surface area (Å²) in [4.78, 5) is 10.0. The van der Waals surface area contributed by atoms with Gasteiger partial charge in [0, 0.05) is 16.7 Å². The molecule has 9 rings (SSSR count). The molecule has 0 atom stereocenters. The van der Waals surface area contributed by atoms with Crippen LogP contribution in [0, 0.1) is 0 Å². The van der Waals surface area contributed by atoms with E-state index in [1.54, 1.807) is 6.07 Å². The Morgan fingerprint density at radius 2 is 1.02 bits per heavy atom. The highest BCUT2D eigenvalue weighted by Gasteiger charge is 2.46. The van der Waals surface area contributed by atoms with E-state index >= 15 is 0 Å². The largest absolute Gasteiger partial charge is 0.228 e. The Bertz CT molecular complexity index is 2800. The van der Waals surface area contributed by atoms with E-state index in [-0.39, 0.29) is 23.3 Å². The second-order valence-electron chi connectivity index (χ2n) is 14.7. The Morgan fingerprint density at radius 1 is 0.453 bits per heavy atom. The van der Waals surface area contributed by atoms with Crippen molar-refractivity contribution >= 4 is 13.3 Å². The summed E-state index contributed by atoms with van der Waals surface area (Å²) < 4.78 is 42.6. The molecule has 0 spiro atoms. The summed E-state index contributed by atoms with van der Waals surface area (Å²) >= 11 is 0. The van der Waals surface area contributed by atoms with Crippen LogP contribution < -0.4 is 5.19 Å². The van der Waals surface area contributed by atoms with E-state index in [9.17, 15) is 0 Å². The molecule has 1 aliphatic carbocycles. The first-order chi connectivity index (χ1) is 28.0. The van der Waals surface area contributed by atoms with Gasteiger partial charge in [-0.15, -0.1) is 0 Å². The molecule has 0 unspecified atom stereocenters. The lowest BCUT2D eigenvalue weighted by Gasteiger charge is -2.34. The number of aromatic nitrogens is 2. The standard InChI is InChI=1S/C50H40N2Si/c1-53(2,3)42-29-26-36(27-30-42)48-34-47(35-16-7-4-8-17-35)51-49(52-48)39-19-15-18-37(32-39)38-28-31-44-43-24-13-14-25-45(43)50(46(44)33-38,40-20-9-5-10-21-40)41-22-11-6-12-23-41/h4-34H,1-3H3/i4D,7D,8D,16D,17D. The molecular weight excluding hydrogens is 657 g/mol. The predicted molar refractivity (Wildman–Crippen MR) is 224 cm³/mol. The Morgan fingerprint density at radius 3 is 1.70 bits per heavy atom. The van der Waals surface area contributed by atoms with Gasteiger partial charge < -0.3 is 0 Å². The van der Waals surface area contributed by atoms with Crippen LogP contribution >= 0.6 is 0 Å². The van der Waals surface area contributed by atoms with Crippen molar-refractivity contribution in [2.75, 3.05) is 0 Å². The van der Waals surface area contributed by atoms with E-state index < -0.39 is 31.6 Å². The van der Waals surface area contributed by atoms with E-state index in [1.165, 1.54) is 38.6 Å². The highest BCUT2D eigenvalue weighted by molar-refractivity contribution is 6.88. The van der Waals surface area contributed by atoms with Crippen molar-refractivity contribution < 1.29 is 6.85 Å². The van der Waals surface area contributed by atoms with Crippen molar-refractivity contribution in [2.45, 2.75) is 25.1 Å². The molecule has 0 amide bonds. The molecule has 0 N–H and O–H groups in total. The molecule has 8 aromatic rings. The fourth-order valence-corrected chi connectivity index (χ4v) is 9.00. The SMILES string of the molecule is [2H]c1c([2H])c([2H])c(-c2cc(-c3ccc([Si](C)(C)C)cc3)nc(-c3cccc(-c4ccc5c(c4)C(c4ccccc4)(c4ccccc4)c4ccccc4-5)c3)n2)c([2H])c1[2H]. The molecule has 0 aliphatic heterocycles. The van der Waals surface area contributed by atoms with Crippen LogP contribution in [0.4, 0.5) is 0 Å². The van der Waals surface area contributed by atoms with E-state index in [1.807, 2.05) is 12.1 Å². The van der Waals surface area contributed by atoms with Crippen LogP contribution in [0.2, 0.25) is 19.6 Å². The quantitative estimate of drug-likeness (QED) is 0.155. The Balaban J connectivity index is 1.23. The molecule has 7 aromatic carbocycles. The van der Waals surface area contributed by atoms with Crippen molar-refractivity contribution in [1.29, 1.82) is 0 Å². The van der Waals surface area contributed by atoms with Crippen molar-refractivity contribution in [1.82, 2.24) is 9.97 Å². The lowest BCUT2D eigenvalue weighted by molar-refractivity contribution is 0.769. The third-order valence-electron chi connectivity index (χ3n) is 10.4. The molecule has 2 nitrogen and oxygen atoms in total. The van der Waals surface area contributed by atoms with Crippen LogP contribution in [0.3, 0.4) is 0 Å². The first-order valence-corrected chi connectivity index (χ1v) is 21.5. The van der Waals surface area contributed by atoms with Crippen molar-refractivity contribution in [3.8, 4) is 56.2 Å². The predicted octanol–water partition coefficient (Wildman–Crippen LogP) is 12.1. The first-order valence-electron chi connectivity index (χ1n) is 20.5. The molecule has 1 aliphatic rings. The van der Waals surface area contributed by atoms with Gasteiger partial charge in [0.15, 0.2) is 5.82 Å². The minimum atomic E-state index is -1.57. The van der Waals surface area contributed by atoms with Gasteiger partial charge in [-0.05, 0) is 62.7 Å². The van der Waals surface area contributed by atoms with Crippen LogP contribution in [-0.2, 0) is 5.41 Å². The van der Waals surface area contributed by atoms with Crippen LogP contribution in [-0.4, -0.2) is 18.0 Å². The average Bonchev–Trinajstić information content (AvgIpc) is 3.56. The van der Waals surface area contributed by atoms with Gasteiger partial charge >= 0.3 is 0 Å². The maximum Gasteiger partial charge on any atom is 0.160 e. The topological polar surface area (TPSA) is 25.8 Å². The van der Waals surface area contributed by atoms with Gasteiger partial charge in [0.2, 0.25) is 0 Å². The second-order valence-corrected chi connectivity index (χ2v) is 19.7. The first kappa shape index (κ1) is 27.5. The van der Waals surface area contributed by atoms with Gasteiger partial charge in [-0.2, -0.15) is 0 Å². The second kappa shape index (κ2) is 13.1. The van der Waals surface area contributed by atoms with E-state index in [2.05, 4.69) is 159 Å². The van der Waals surface area contributed by atoms with Gasteiger partial charge in [-0.3, -0.25) is 0 Å². The maximum absolute atomic E-state index is 8.80. The van der Waals surface area contributed by atoms with Gasteiger partial charge in [0.25, 0.3) is 0 Å². The zero-order chi connectivity index (χ0) is 40.3. The summed E-state index contributed by atoms with van der Waals surface area (Å²) in [5.74, 6) is 0.395. The fourth-order valence-electron chi connectivity index (χ4n) is 7.83. The third-order valence-corrected chi connectivity index (χ3v) is 12.5. The van der Waals surface area contributed by atoms with Gasteiger partial charge in [0.05, 0.1) is 31.7 Å². The summed E-state index contributed by atoms with van der Waals surface area (Å²) in [6.07, 6.45) is 0. The van der Waals surface area contributed by atoms with Gasteiger partial charge in [0.1, 0.15) is 0 Å². The minimum absolute atomic E-state index is 0.0436. The molecule has 254 valence electrons. The molecule has 0 bridgehead atoms. The highest BCUT2D eigenvalue weighted by Crippen LogP contribution is 2.56. The number of rotatable bonds is 7. The third kappa shape index (κ3) is 5.74. The molecular formula is C50H40N2Si. The maximum atomic E-state index is 8.80. The minimum Gasteiger partial charge on any atom is -0.228 e. The van der Waals surface area contributed by atoms with Gasteiger partial charge in [-0.25, -0.2) is 9.97 Å². The summed E-state index contributed by atoms with van der Waals surface area (Å²) in [6, 6.07) is 53.3. The Kier molecular flexibility index (Phi) is 6.80. The van der Waals surface area contributed by atoms with E-state index in [0.29, 0.717) is 11.5 Å². The molecule has 0 fully saturated rings. The monoisotopic (exact) mass is 701 g/mol. The van der Waals surface area contributed by atoms with Gasteiger partial charge in [-0.1, -0.05) is 195 Å². The molecule has 1 heterocycles. The van der Waals surface area contributed by atoms with Crippen LogP contribution in [0.15, 0.2) is 188 Å². The summed E-state index contributed by atoms with van der Waals surface area (Å²) in [7, 11) is -1.57. The smallest absolute Gasteiger partial charge is 0.160 e. The summed E-state index contributed by atoms with van der Waals surface area (Å²) in [6.45, 7) is 6.91. The average molecular weight is 702 g/mol. The highest BCUT2D eigenvalue weighted by atomic mass is 28.3. The lowest BCUT2D eigenvalue weighted by Crippen LogP contribution is -2.37. The zero-order valence-corrected chi connectivity index (χ0v) is 30.9. The van der Waals surface area contributed by atoms with Crippen molar-refractivity contribution in [2.24, 2.45) is 0 Å². The molecule has 0 saturated carbocycles. The fraction of sp³-hybridized carbons (Fsp3) is 0.0800. The van der Waals surface area contributed by atoms with Crippen LogP contribution in [0.5, 0.6) is 0 Å². The molecule has 0 saturated heterocycles. The molecule has 0 radical (unpaired) electrons. The summed E-state index contributed by atoms with van der Waals surface area (Å²) in [5, 5.41) is 1.31. The lowest BCUT2D eigenvalue weighted by atomic mass is 9.67. The zero-order valence-electron chi connectivity index (χ0n) is 34.9. The number of benzene rings is 7. The van der Waals surface area contributed by atoms with Crippen LogP contribution in [0.25, 0.3) is 56.2 Å². The Labute approximate surface area is 320 Å². The molecule has 3 heteroatoms. The number of hydrogen-bond acceptors (Lipinski definition) is 2. The van der Waals surface area contributed by atoms with Crippen LogP contribution in [0.1, 0.15) is 29.1 Å². The molecule has 1 aromatic heterocycles.